The number of pyridine rings is 1. The van der Waals surface area contributed by atoms with E-state index in [4.69, 9.17) is 11.6 Å². The van der Waals surface area contributed by atoms with Gasteiger partial charge in [-0.25, -0.2) is 0 Å². The van der Waals surface area contributed by atoms with Gasteiger partial charge in [0.15, 0.2) is 0 Å². The van der Waals surface area contributed by atoms with Gasteiger partial charge >= 0.3 is 0 Å². The first-order valence-corrected chi connectivity index (χ1v) is 10.1. The van der Waals surface area contributed by atoms with Gasteiger partial charge < -0.3 is 9.69 Å². The Kier molecular flexibility index (Phi) is 5.41. The average Bonchev–Trinajstić information content (AvgIpc) is 2.70. The minimum absolute atomic E-state index is 0.379. The molecule has 2 heterocycles. The Bertz CT molecular complexity index is 780. The third kappa shape index (κ3) is 3.45. The Morgan fingerprint density at radius 2 is 1.92 bits per heavy atom. The van der Waals surface area contributed by atoms with Crippen LogP contribution in [0.1, 0.15) is 37.7 Å². The van der Waals surface area contributed by atoms with Gasteiger partial charge in [-0.3, -0.25) is 9.88 Å². The second-order valence-corrected chi connectivity index (χ2v) is 7.86. The van der Waals surface area contributed by atoms with Crippen LogP contribution in [0, 0.1) is 0 Å². The number of piperazine rings is 1. The molecule has 138 valence electrons. The number of hydrogen-bond donors (Lipinski definition) is 0. The number of halogens is 1. The van der Waals surface area contributed by atoms with Crippen molar-refractivity contribution in [3.8, 4) is 0 Å². The number of rotatable bonds is 4. The lowest BCUT2D eigenvalue weighted by Gasteiger charge is -2.42. The highest BCUT2D eigenvalue weighted by Crippen LogP contribution is 2.35. The number of aldehydes is 1. The highest BCUT2D eigenvalue weighted by Gasteiger charge is 2.27. The van der Waals surface area contributed by atoms with Crippen molar-refractivity contribution in [1.82, 2.24) is 9.88 Å². The summed E-state index contributed by atoms with van der Waals surface area (Å²) < 4.78 is 0. The van der Waals surface area contributed by atoms with Crippen molar-refractivity contribution in [3.05, 3.63) is 35.0 Å². The van der Waals surface area contributed by atoms with Crippen LogP contribution in [0.5, 0.6) is 0 Å². The van der Waals surface area contributed by atoms with Crippen LogP contribution in [0.4, 0.5) is 5.69 Å². The largest absolute Gasteiger partial charge is 0.367 e. The molecule has 1 aliphatic carbocycles. The van der Waals surface area contributed by atoms with Crippen LogP contribution in [0.3, 0.4) is 0 Å². The molecule has 0 atom stereocenters. The third-order valence-electron chi connectivity index (χ3n) is 5.92. The van der Waals surface area contributed by atoms with Gasteiger partial charge in [0.2, 0.25) is 0 Å². The predicted octanol–water partition coefficient (Wildman–Crippen LogP) is 4.08. The molecule has 4 nitrogen and oxygen atoms in total. The number of hydrogen-bond acceptors (Lipinski definition) is 4. The minimum Gasteiger partial charge on any atom is -0.367 e. The SMILES string of the molecule is O=CCc1cc(Cl)c2cccnc2c1N1CCN(C2CCCCC2)CC1. The quantitative estimate of drug-likeness (QED) is 0.758. The van der Waals surface area contributed by atoms with E-state index >= 15 is 0 Å². The molecular weight excluding hydrogens is 346 g/mol. The van der Waals surface area contributed by atoms with Crippen LogP contribution >= 0.6 is 11.6 Å². The van der Waals surface area contributed by atoms with E-state index < -0.39 is 0 Å². The number of fused-ring (bicyclic) bond motifs is 1. The molecule has 1 saturated heterocycles. The maximum Gasteiger partial charge on any atom is 0.124 e. The first-order valence-electron chi connectivity index (χ1n) is 9.76. The molecule has 5 heteroatoms. The summed E-state index contributed by atoms with van der Waals surface area (Å²) in [5.74, 6) is 0. The van der Waals surface area contributed by atoms with Gasteiger partial charge in [-0.05, 0) is 36.6 Å². The number of aromatic nitrogens is 1. The van der Waals surface area contributed by atoms with Crippen molar-refractivity contribution < 1.29 is 4.79 Å². The predicted molar refractivity (Wildman–Crippen MR) is 107 cm³/mol. The van der Waals surface area contributed by atoms with Crippen LogP contribution < -0.4 is 4.90 Å². The van der Waals surface area contributed by atoms with Gasteiger partial charge in [-0.15, -0.1) is 0 Å². The summed E-state index contributed by atoms with van der Waals surface area (Å²) in [6.45, 7) is 4.13. The Balaban J connectivity index is 1.61. The van der Waals surface area contributed by atoms with E-state index in [0.717, 1.165) is 60.7 Å². The summed E-state index contributed by atoms with van der Waals surface area (Å²) in [4.78, 5) is 20.9. The molecule has 2 aliphatic rings. The molecule has 0 N–H and O–H groups in total. The van der Waals surface area contributed by atoms with E-state index in [-0.39, 0.29) is 0 Å². The average molecular weight is 372 g/mol. The fourth-order valence-corrected chi connectivity index (χ4v) is 4.88. The topological polar surface area (TPSA) is 36.4 Å². The van der Waals surface area contributed by atoms with Gasteiger partial charge in [-0.1, -0.05) is 30.9 Å². The summed E-state index contributed by atoms with van der Waals surface area (Å²) in [6.07, 6.45) is 10.00. The summed E-state index contributed by atoms with van der Waals surface area (Å²) in [5.41, 5.74) is 3.01. The van der Waals surface area contributed by atoms with Crippen molar-refractivity contribution in [2.75, 3.05) is 31.1 Å². The van der Waals surface area contributed by atoms with Crippen molar-refractivity contribution >= 4 is 34.5 Å². The molecule has 0 bridgehead atoms. The van der Waals surface area contributed by atoms with Crippen molar-refractivity contribution in [3.63, 3.8) is 0 Å². The van der Waals surface area contributed by atoms with E-state index in [1.165, 1.54) is 32.1 Å². The number of carbonyl (C=O) groups is 1. The molecule has 0 radical (unpaired) electrons. The lowest BCUT2D eigenvalue weighted by atomic mass is 9.93. The van der Waals surface area contributed by atoms with Crippen molar-refractivity contribution in [2.24, 2.45) is 0 Å². The van der Waals surface area contributed by atoms with E-state index in [1.54, 1.807) is 0 Å². The number of nitrogens with zero attached hydrogens (tertiary/aromatic N) is 3. The van der Waals surface area contributed by atoms with Crippen molar-refractivity contribution in [2.45, 2.75) is 44.6 Å². The molecule has 0 amide bonds. The van der Waals surface area contributed by atoms with Crippen LogP contribution in [0.25, 0.3) is 10.9 Å². The van der Waals surface area contributed by atoms with Gasteiger partial charge in [0.1, 0.15) is 6.29 Å². The third-order valence-corrected chi connectivity index (χ3v) is 6.23. The van der Waals surface area contributed by atoms with Crippen LogP contribution in [-0.4, -0.2) is 48.4 Å². The Morgan fingerprint density at radius 1 is 1.15 bits per heavy atom. The number of benzene rings is 1. The Labute approximate surface area is 160 Å². The monoisotopic (exact) mass is 371 g/mol. The summed E-state index contributed by atoms with van der Waals surface area (Å²) in [6, 6.07) is 6.64. The summed E-state index contributed by atoms with van der Waals surface area (Å²) in [7, 11) is 0. The molecular formula is C21H26ClN3O. The smallest absolute Gasteiger partial charge is 0.124 e. The fourth-order valence-electron chi connectivity index (χ4n) is 4.59. The van der Waals surface area contributed by atoms with Gasteiger partial charge in [-0.2, -0.15) is 0 Å². The first kappa shape index (κ1) is 17.7. The molecule has 1 aromatic heterocycles. The first-order chi connectivity index (χ1) is 12.8. The number of anilines is 1. The normalized spacial score (nSPS) is 19.8. The Morgan fingerprint density at radius 3 is 2.65 bits per heavy atom. The van der Waals surface area contributed by atoms with Crippen LogP contribution in [-0.2, 0) is 11.2 Å². The number of carbonyl (C=O) groups excluding carboxylic acids is 1. The molecule has 1 saturated carbocycles. The van der Waals surface area contributed by atoms with E-state index in [2.05, 4.69) is 14.8 Å². The molecule has 1 aliphatic heterocycles. The molecule has 26 heavy (non-hydrogen) atoms. The lowest BCUT2D eigenvalue weighted by Crippen LogP contribution is -2.51. The second kappa shape index (κ2) is 7.93. The van der Waals surface area contributed by atoms with Crippen LogP contribution in [0.15, 0.2) is 24.4 Å². The molecule has 1 aromatic carbocycles. The standard InChI is InChI=1S/C21H26ClN3O/c22-19-15-16(8-14-26)21(20-18(19)7-4-9-23-20)25-12-10-24(11-13-25)17-5-2-1-3-6-17/h4,7,9,14-15,17H,1-3,5-6,8,10-13H2. The van der Waals surface area contributed by atoms with Gasteiger partial charge in [0.25, 0.3) is 0 Å². The summed E-state index contributed by atoms with van der Waals surface area (Å²) in [5, 5.41) is 1.64. The molecule has 2 aromatic rings. The molecule has 0 spiro atoms. The second-order valence-electron chi connectivity index (χ2n) is 7.45. The van der Waals surface area contributed by atoms with Crippen LogP contribution in [0.2, 0.25) is 5.02 Å². The zero-order valence-corrected chi connectivity index (χ0v) is 15.9. The fraction of sp³-hybridized carbons (Fsp3) is 0.524. The molecule has 2 fully saturated rings. The zero-order valence-electron chi connectivity index (χ0n) is 15.2. The maximum absolute atomic E-state index is 11.2. The van der Waals surface area contributed by atoms with Gasteiger partial charge in [0, 0.05) is 50.2 Å². The highest BCUT2D eigenvalue weighted by atomic mass is 35.5. The molecule has 4 rings (SSSR count). The summed E-state index contributed by atoms with van der Waals surface area (Å²) >= 11 is 6.45. The Hall–Kier alpha value is -1.65. The van der Waals surface area contributed by atoms with E-state index in [0.29, 0.717) is 11.4 Å². The zero-order chi connectivity index (χ0) is 17.9. The van der Waals surface area contributed by atoms with E-state index in [9.17, 15) is 4.79 Å². The van der Waals surface area contributed by atoms with E-state index in [1.807, 2.05) is 24.4 Å². The highest BCUT2D eigenvalue weighted by molar-refractivity contribution is 6.36. The van der Waals surface area contributed by atoms with Crippen molar-refractivity contribution in [1.29, 1.82) is 0 Å². The molecule has 0 unspecified atom stereocenters. The lowest BCUT2D eigenvalue weighted by molar-refractivity contribution is -0.107. The van der Waals surface area contributed by atoms with Gasteiger partial charge in [0.05, 0.1) is 16.2 Å². The minimum atomic E-state index is 0.379. The maximum atomic E-state index is 11.2.